The lowest BCUT2D eigenvalue weighted by atomic mass is 10.1. The highest BCUT2D eigenvalue weighted by Gasteiger charge is 2.33. The van der Waals surface area contributed by atoms with Crippen molar-refractivity contribution >= 4 is 43.5 Å². The highest BCUT2D eigenvalue weighted by atomic mass is 79.9. The van der Waals surface area contributed by atoms with Crippen molar-refractivity contribution in [3.05, 3.63) is 94.7 Å². The zero-order valence-corrected chi connectivity index (χ0v) is 22.3. The third-order valence-corrected chi connectivity index (χ3v) is 7.82. The van der Waals surface area contributed by atoms with Crippen molar-refractivity contribution in [1.82, 2.24) is 10.2 Å². The number of halogens is 2. The first-order valence-electron chi connectivity index (χ1n) is 11.3. The number of sulfonamides is 1. The van der Waals surface area contributed by atoms with E-state index in [1.54, 1.807) is 56.3 Å². The molecule has 0 aliphatic carbocycles. The van der Waals surface area contributed by atoms with Crippen molar-refractivity contribution in [2.45, 2.75) is 31.3 Å². The summed E-state index contributed by atoms with van der Waals surface area (Å²) >= 11 is 3.37. The Morgan fingerprint density at radius 1 is 0.972 bits per heavy atom. The lowest BCUT2D eigenvalue weighted by molar-refractivity contribution is -0.139. The van der Waals surface area contributed by atoms with Crippen molar-refractivity contribution in [2.24, 2.45) is 0 Å². The van der Waals surface area contributed by atoms with Crippen LogP contribution >= 0.6 is 15.9 Å². The molecule has 190 valence electrons. The summed E-state index contributed by atoms with van der Waals surface area (Å²) in [5.74, 6) is -1.83. The van der Waals surface area contributed by atoms with Gasteiger partial charge in [0.25, 0.3) is 10.0 Å². The molecular weight excluding hydrogens is 549 g/mol. The maximum Gasteiger partial charge on any atom is 0.264 e. The van der Waals surface area contributed by atoms with Crippen molar-refractivity contribution in [2.75, 3.05) is 17.4 Å². The van der Waals surface area contributed by atoms with E-state index < -0.39 is 34.3 Å². The van der Waals surface area contributed by atoms with Crippen LogP contribution in [0.3, 0.4) is 0 Å². The van der Waals surface area contributed by atoms with Gasteiger partial charge in [-0.05, 0) is 55.8 Å². The standard InChI is InChI=1S/C26H27BrFN3O4S/c1-3-29-26(33)19(2)30(17-20-13-15-21(27)16-14-20)25(32)18-31(24-12-8-7-11-23(24)28)36(34,35)22-9-5-4-6-10-22/h4-16,19H,3,17-18H2,1-2H3,(H,29,33)/t19-/m0/s1. The molecule has 7 nitrogen and oxygen atoms in total. The number of amides is 2. The minimum absolute atomic E-state index is 0.0565. The SMILES string of the molecule is CCNC(=O)[C@H](C)N(Cc1ccc(Br)cc1)C(=O)CN(c1ccccc1F)S(=O)(=O)c1ccccc1. The minimum Gasteiger partial charge on any atom is -0.355 e. The molecule has 2 amide bonds. The molecular formula is C26H27BrFN3O4S. The second-order valence-electron chi connectivity index (χ2n) is 7.99. The van der Waals surface area contributed by atoms with E-state index in [1.807, 2.05) is 0 Å². The first-order valence-corrected chi connectivity index (χ1v) is 13.5. The molecule has 3 aromatic rings. The summed E-state index contributed by atoms with van der Waals surface area (Å²) in [6.45, 7) is 3.06. The van der Waals surface area contributed by atoms with Crippen LogP contribution in [0.1, 0.15) is 19.4 Å². The molecule has 10 heteroatoms. The van der Waals surface area contributed by atoms with Crippen LogP contribution in [-0.2, 0) is 26.2 Å². The quantitative estimate of drug-likeness (QED) is 0.389. The second-order valence-corrected chi connectivity index (χ2v) is 10.8. The number of likely N-dealkylation sites (N-methyl/N-ethyl adjacent to an activating group) is 1. The Morgan fingerprint density at radius 2 is 1.58 bits per heavy atom. The number of hydrogen-bond donors (Lipinski definition) is 1. The number of carbonyl (C=O) groups excluding carboxylic acids is 2. The van der Waals surface area contributed by atoms with Gasteiger partial charge in [-0.1, -0.05) is 58.4 Å². The molecule has 0 aromatic heterocycles. The molecule has 0 bridgehead atoms. The Morgan fingerprint density at radius 3 is 2.19 bits per heavy atom. The fourth-order valence-corrected chi connectivity index (χ4v) is 5.29. The van der Waals surface area contributed by atoms with Crippen LogP contribution in [0.4, 0.5) is 10.1 Å². The average molecular weight is 576 g/mol. The predicted molar refractivity (Wildman–Crippen MR) is 140 cm³/mol. The lowest BCUT2D eigenvalue weighted by Gasteiger charge is -2.32. The third-order valence-electron chi connectivity index (χ3n) is 5.52. The van der Waals surface area contributed by atoms with Crippen molar-refractivity contribution < 1.29 is 22.4 Å². The van der Waals surface area contributed by atoms with Crippen molar-refractivity contribution in [3.8, 4) is 0 Å². The Hall–Kier alpha value is -3.24. The normalized spacial score (nSPS) is 12.0. The number of anilines is 1. The van der Waals surface area contributed by atoms with E-state index in [4.69, 9.17) is 0 Å². The fourth-order valence-electron chi connectivity index (χ4n) is 3.58. The van der Waals surface area contributed by atoms with Crippen LogP contribution in [0.15, 0.2) is 88.2 Å². The summed E-state index contributed by atoms with van der Waals surface area (Å²) in [5.41, 5.74) is 0.481. The number of benzene rings is 3. The van der Waals surface area contributed by atoms with Gasteiger partial charge in [0.1, 0.15) is 18.4 Å². The lowest BCUT2D eigenvalue weighted by Crippen LogP contribution is -2.51. The molecule has 1 N–H and O–H groups in total. The van der Waals surface area contributed by atoms with Crippen LogP contribution < -0.4 is 9.62 Å². The van der Waals surface area contributed by atoms with Gasteiger partial charge in [-0.15, -0.1) is 0 Å². The smallest absolute Gasteiger partial charge is 0.264 e. The first kappa shape index (κ1) is 27.3. The van der Waals surface area contributed by atoms with E-state index in [2.05, 4.69) is 21.2 Å². The number of nitrogens with zero attached hydrogens (tertiary/aromatic N) is 2. The molecule has 0 aliphatic heterocycles. The van der Waals surface area contributed by atoms with Crippen molar-refractivity contribution in [1.29, 1.82) is 0 Å². The number of nitrogens with one attached hydrogen (secondary N) is 1. The Labute approximate surface area is 219 Å². The van der Waals surface area contributed by atoms with Gasteiger partial charge < -0.3 is 10.2 Å². The molecule has 0 fully saturated rings. The maximum atomic E-state index is 14.8. The van der Waals surface area contributed by atoms with E-state index in [1.165, 1.54) is 35.2 Å². The molecule has 0 heterocycles. The van der Waals surface area contributed by atoms with Gasteiger partial charge in [-0.25, -0.2) is 12.8 Å². The zero-order chi connectivity index (χ0) is 26.3. The van der Waals surface area contributed by atoms with Gasteiger partial charge in [0, 0.05) is 17.6 Å². The van der Waals surface area contributed by atoms with E-state index in [0.29, 0.717) is 6.54 Å². The highest BCUT2D eigenvalue weighted by Crippen LogP contribution is 2.27. The monoisotopic (exact) mass is 575 g/mol. The number of carbonyl (C=O) groups is 2. The van der Waals surface area contributed by atoms with Gasteiger partial charge in [-0.3, -0.25) is 13.9 Å². The third kappa shape index (κ3) is 6.50. The van der Waals surface area contributed by atoms with Crippen molar-refractivity contribution in [3.63, 3.8) is 0 Å². The first-order chi connectivity index (χ1) is 17.1. The molecule has 1 atom stereocenters. The van der Waals surface area contributed by atoms with Crippen LogP contribution in [0.25, 0.3) is 0 Å². The molecule has 0 aliphatic rings. The molecule has 0 spiro atoms. The molecule has 36 heavy (non-hydrogen) atoms. The van der Waals surface area contributed by atoms with E-state index in [9.17, 15) is 22.4 Å². The van der Waals surface area contributed by atoms with Gasteiger partial charge in [0.15, 0.2) is 0 Å². The number of rotatable bonds is 10. The number of para-hydroxylation sites is 1. The maximum absolute atomic E-state index is 14.8. The largest absolute Gasteiger partial charge is 0.355 e. The zero-order valence-electron chi connectivity index (χ0n) is 19.9. The summed E-state index contributed by atoms with van der Waals surface area (Å²) in [4.78, 5) is 27.5. The van der Waals surface area contributed by atoms with Crippen LogP contribution in [-0.4, -0.2) is 44.3 Å². The Kier molecular flexibility index (Phi) is 9.22. The molecule has 3 rings (SSSR count). The summed E-state index contributed by atoms with van der Waals surface area (Å²) in [5, 5.41) is 2.69. The van der Waals surface area contributed by atoms with Gasteiger partial charge in [0.05, 0.1) is 10.6 Å². The predicted octanol–water partition coefficient (Wildman–Crippen LogP) is 4.34. The van der Waals surface area contributed by atoms with Gasteiger partial charge >= 0.3 is 0 Å². The van der Waals surface area contributed by atoms with E-state index >= 15 is 0 Å². The van der Waals surface area contributed by atoms with Crippen LogP contribution in [0.2, 0.25) is 0 Å². The topological polar surface area (TPSA) is 86.8 Å². The molecule has 0 radical (unpaired) electrons. The molecule has 0 saturated carbocycles. The summed E-state index contributed by atoms with van der Waals surface area (Å²) in [6, 6.07) is 19.2. The summed E-state index contributed by atoms with van der Waals surface area (Å²) in [7, 11) is -4.30. The van der Waals surface area contributed by atoms with E-state index in [0.717, 1.165) is 20.4 Å². The average Bonchev–Trinajstić information content (AvgIpc) is 2.87. The Balaban J connectivity index is 2.02. The molecule has 3 aromatic carbocycles. The second kappa shape index (κ2) is 12.1. The van der Waals surface area contributed by atoms with E-state index in [-0.39, 0.29) is 23.0 Å². The highest BCUT2D eigenvalue weighted by molar-refractivity contribution is 9.10. The van der Waals surface area contributed by atoms with Gasteiger partial charge in [0.2, 0.25) is 11.8 Å². The van der Waals surface area contributed by atoms with Crippen LogP contribution in [0, 0.1) is 5.82 Å². The minimum atomic E-state index is -4.30. The Bertz CT molecular complexity index is 1300. The van der Waals surface area contributed by atoms with Gasteiger partial charge in [-0.2, -0.15) is 0 Å². The summed E-state index contributed by atoms with van der Waals surface area (Å²) < 4.78 is 43.5. The van der Waals surface area contributed by atoms with Crippen LogP contribution in [0.5, 0.6) is 0 Å². The fraction of sp³-hybridized carbons (Fsp3) is 0.231. The molecule has 0 saturated heterocycles. The summed E-state index contributed by atoms with van der Waals surface area (Å²) in [6.07, 6.45) is 0. The number of hydrogen-bond acceptors (Lipinski definition) is 4. The molecule has 0 unspecified atom stereocenters.